The van der Waals surface area contributed by atoms with E-state index in [9.17, 15) is 4.79 Å². The molecule has 100 valence electrons. The van der Waals surface area contributed by atoms with Crippen LogP contribution in [-0.2, 0) is 6.54 Å². The Bertz CT molecular complexity index is 662. The van der Waals surface area contributed by atoms with E-state index in [1.165, 1.54) is 0 Å². The molecule has 2 rings (SSSR count). The smallest absolute Gasteiger partial charge is 0.186 e. The lowest BCUT2D eigenvalue weighted by molar-refractivity contribution is 0.794. The Morgan fingerprint density at radius 1 is 1.26 bits per heavy atom. The van der Waals surface area contributed by atoms with Crippen molar-refractivity contribution in [2.75, 3.05) is 7.05 Å². The highest BCUT2D eigenvalue weighted by molar-refractivity contribution is 6.30. The van der Waals surface area contributed by atoms with E-state index >= 15 is 0 Å². The van der Waals surface area contributed by atoms with E-state index < -0.39 is 0 Å². The average molecular weight is 277 g/mol. The van der Waals surface area contributed by atoms with Gasteiger partial charge in [0.1, 0.15) is 0 Å². The summed E-state index contributed by atoms with van der Waals surface area (Å²) in [5.41, 5.74) is 3.85. The van der Waals surface area contributed by atoms with E-state index in [2.05, 4.69) is 5.32 Å². The van der Waals surface area contributed by atoms with Gasteiger partial charge in [0.05, 0.1) is 0 Å². The molecule has 0 aliphatic rings. The quantitative estimate of drug-likeness (QED) is 0.935. The van der Waals surface area contributed by atoms with E-state index in [0.29, 0.717) is 6.54 Å². The Labute approximate surface area is 117 Å². The van der Waals surface area contributed by atoms with Crippen LogP contribution in [0.25, 0.3) is 5.69 Å². The lowest BCUT2D eigenvalue weighted by atomic mass is 10.1. The van der Waals surface area contributed by atoms with E-state index in [0.717, 1.165) is 27.5 Å². The van der Waals surface area contributed by atoms with E-state index in [4.69, 9.17) is 11.6 Å². The topological polar surface area (TPSA) is 34.0 Å². The van der Waals surface area contributed by atoms with Gasteiger partial charge < -0.3 is 9.88 Å². The molecule has 0 spiro atoms. The molecule has 1 N–H and O–H groups in total. The van der Waals surface area contributed by atoms with Gasteiger partial charge in [-0.25, -0.2) is 0 Å². The third kappa shape index (κ3) is 2.88. The van der Waals surface area contributed by atoms with E-state index in [1.54, 1.807) is 6.07 Å². The predicted molar refractivity (Wildman–Crippen MR) is 79.3 cm³/mol. The summed E-state index contributed by atoms with van der Waals surface area (Å²) in [7, 11) is 1.83. The predicted octanol–water partition coefficient (Wildman–Crippen LogP) is 2.83. The van der Waals surface area contributed by atoms with Crippen LogP contribution in [0.5, 0.6) is 0 Å². The van der Waals surface area contributed by atoms with Gasteiger partial charge in [0.15, 0.2) is 5.43 Å². The fourth-order valence-electron chi connectivity index (χ4n) is 2.15. The summed E-state index contributed by atoms with van der Waals surface area (Å²) in [6.07, 6.45) is 1.89. The summed E-state index contributed by atoms with van der Waals surface area (Å²) in [5, 5.41) is 3.73. The second kappa shape index (κ2) is 5.59. The zero-order chi connectivity index (χ0) is 14.0. The summed E-state index contributed by atoms with van der Waals surface area (Å²) in [6, 6.07) is 7.42. The van der Waals surface area contributed by atoms with Crippen LogP contribution >= 0.6 is 11.6 Å². The Kier molecular flexibility index (Phi) is 4.08. The highest BCUT2D eigenvalue weighted by Crippen LogP contribution is 2.20. The number of hydrogen-bond acceptors (Lipinski definition) is 2. The molecule has 0 radical (unpaired) electrons. The molecule has 0 fully saturated rings. The Morgan fingerprint density at radius 2 is 2.00 bits per heavy atom. The summed E-state index contributed by atoms with van der Waals surface area (Å²) in [5.74, 6) is 0. The van der Waals surface area contributed by atoms with Gasteiger partial charge in [0, 0.05) is 40.8 Å². The van der Waals surface area contributed by atoms with Crippen molar-refractivity contribution < 1.29 is 0 Å². The van der Waals surface area contributed by atoms with Crippen LogP contribution < -0.4 is 10.7 Å². The third-order valence-electron chi connectivity index (χ3n) is 3.11. The van der Waals surface area contributed by atoms with E-state index in [-0.39, 0.29) is 5.43 Å². The minimum Gasteiger partial charge on any atom is -0.320 e. The number of rotatable bonds is 3. The van der Waals surface area contributed by atoms with Crippen LogP contribution in [0.2, 0.25) is 5.02 Å². The highest BCUT2D eigenvalue weighted by Gasteiger charge is 2.07. The monoisotopic (exact) mass is 276 g/mol. The fourth-order valence-corrected chi connectivity index (χ4v) is 2.37. The molecule has 1 heterocycles. The molecule has 19 heavy (non-hydrogen) atoms. The van der Waals surface area contributed by atoms with Gasteiger partial charge in [-0.3, -0.25) is 4.79 Å². The SMILES string of the molecule is CNCc1cn(-c2ccc(Cl)cc2C)c(C)cc1=O. The number of hydrogen-bond donors (Lipinski definition) is 1. The number of nitrogens with zero attached hydrogens (tertiary/aromatic N) is 1. The number of aryl methyl sites for hydroxylation is 2. The molecule has 0 saturated heterocycles. The van der Waals surface area contributed by atoms with Gasteiger partial charge in [-0.1, -0.05) is 11.6 Å². The first kappa shape index (κ1) is 13.8. The molecule has 3 nitrogen and oxygen atoms in total. The zero-order valence-corrected chi connectivity index (χ0v) is 12.1. The molecule has 0 aliphatic carbocycles. The van der Waals surface area contributed by atoms with Crippen LogP contribution in [0.3, 0.4) is 0 Å². The molecule has 1 aromatic heterocycles. The van der Waals surface area contributed by atoms with Gasteiger partial charge in [-0.05, 0) is 44.7 Å². The van der Waals surface area contributed by atoms with Crippen molar-refractivity contribution in [1.82, 2.24) is 9.88 Å². The maximum Gasteiger partial charge on any atom is 0.186 e. The molecule has 0 atom stereocenters. The molecule has 2 aromatic rings. The summed E-state index contributed by atoms with van der Waals surface area (Å²) in [4.78, 5) is 11.9. The molecule has 0 saturated carbocycles. The van der Waals surface area contributed by atoms with Crippen molar-refractivity contribution >= 4 is 11.6 Å². The van der Waals surface area contributed by atoms with Gasteiger partial charge in [-0.15, -0.1) is 0 Å². The number of aromatic nitrogens is 1. The maximum absolute atomic E-state index is 11.9. The van der Waals surface area contributed by atoms with Crippen molar-refractivity contribution in [2.24, 2.45) is 0 Å². The maximum atomic E-state index is 11.9. The van der Waals surface area contributed by atoms with Crippen molar-refractivity contribution in [3.63, 3.8) is 0 Å². The summed E-state index contributed by atoms with van der Waals surface area (Å²) < 4.78 is 2.03. The lowest BCUT2D eigenvalue weighted by Gasteiger charge is -2.15. The minimum absolute atomic E-state index is 0.0646. The van der Waals surface area contributed by atoms with Crippen molar-refractivity contribution in [1.29, 1.82) is 0 Å². The van der Waals surface area contributed by atoms with Gasteiger partial charge in [0.25, 0.3) is 0 Å². The molecular weight excluding hydrogens is 260 g/mol. The first-order valence-corrected chi connectivity index (χ1v) is 6.54. The molecule has 0 aliphatic heterocycles. The van der Waals surface area contributed by atoms with Crippen LogP contribution in [0.15, 0.2) is 35.3 Å². The fraction of sp³-hybridized carbons (Fsp3) is 0.267. The average Bonchev–Trinajstić information content (AvgIpc) is 2.34. The second-order valence-corrected chi connectivity index (χ2v) is 5.07. The van der Waals surface area contributed by atoms with Crippen LogP contribution in [0.1, 0.15) is 16.8 Å². The van der Waals surface area contributed by atoms with Gasteiger partial charge in [-0.2, -0.15) is 0 Å². The first-order valence-electron chi connectivity index (χ1n) is 6.16. The largest absolute Gasteiger partial charge is 0.320 e. The Hall–Kier alpha value is -1.58. The molecule has 0 amide bonds. The number of nitrogens with one attached hydrogen (secondary N) is 1. The number of pyridine rings is 1. The Balaban J connectivity index is 2.61. The van der Waals surface area contributed by atoms with Gasteiger partial charge in [0.2, 0.25) is 0 Å². The molecule has 0 unspecified atom stereocenters. The lowest BCUT2D eigenvalue weighted by Crippen LogP contribution is -2.19. The van der Waals surface area contributed by atoms with Crippen molar-refractivity contribution in [3.05, 3.63) is 62.5 Å². The van der Waals surface area contributed by atoms with Crippen LogP contribution in [0, 0.1) is 13.8 Å². The summed E-state index contributed by atoms with van der Waals surface area (Å²) >= 11 is 5.98. The molecule has 0 bridgehead atoms. The molecular formula is C15H17ClN2O. The van der Waals surface area contributed by atoms with Crippen LogP contribution in [0.4, 0.5) is 0 Å². The molecule has 4 heteroatoms. The van der Waals surface area contributed by atoms with Crippen molar-refractivity contribution in [2.45, 2.75) is 20.4 Å². The third-order valence-corrected chi connectivity index (χ3v) is 3.34. The van der Waals surface area contributed by atoms with Crippen molar-refractivity contribution in [3.8, 4) is 5.69 Å². The number of benzene rings is 1. The normalized spacial score (nSPS) is 10.7. The minimum atomic E-state index is 0.0646. The highest BCUT2D eigenvalue weighted by atomic mass is 35.5. The first-order chi connectivity index (χ1) is 9.02. The standard InChI is InChI=1S/C15H17ClN2O/c1-10-6-13(16)4-5-14(10)18-9-12(8-17-3)15(19)7-11(18)2/h4-7,9,17H,8H2,1-3H3. The van der Waals surface area contributed by atoms with Crippen LogP contribution in [-0.4, -0.2) is 11.6 Å². The van der Waals surface area contributed by atoms with E-state index in [1.807, 2.05) is 49.9 Å². The summed E-state index contributed by atoms with van der Waals surface area (Å²) in [6.45, 7) is 4.50. The molecule has 1 aromatic carbocycles. The van der Waals surface area contributed by atoms with Gasteiger partial charge >= 0.3 is 0 Å². The number of halogens is 1. The second-order valence-electron chi connectivity index (χ2n) is 4.64. The Morgan fingerprint density at radius 3 is 2.63 bits per heavy atom. The zero-order valence-electron chi connectivity index (χ0n) is 11.3.